The first-order chi connectivity index (χ1) is 20.3. The van der Waals surface area contributed by atoms with Gasteiger partial charge in [0, 0.05) is 12.8 Å². The number of phosphoric acid groups is 1. The molecule has 8 nitrogen and oxygen atoms in total. The second kappa shape index (κ2) is 29.6. The first kappa shape index (κ1) is 40.5. The number of rotatable bonds is 30. The van der Waals surface area contributed by atoms with Crippen molar-refractivity contribution in [3.63, 3.8) is 0 Å². The summed E-state index contributed by atoms with van der Waals surface area (Å²) in [7, 11) is -4.74. The van der Waals surface area contributed by atoms with Crippen molar-refractivity contribution in [1.29, 1.82) is 0 Å². The van der Waals surface area contributed by atoms with Gasteiger partial charge in [-0.1, -0.05) is 128 Å². The smallest absolute Gasteiger partial charge is 0.462 e. The van der Waals surface area contributed by atoms with E-state index in [0.717, 1.165) is 64.2 Å². The van der Waals surface area contributed by atoms with E-state index in [1.54, 1.807) is 0 Å². The van der Waals surface area contributed by atoms with Crippen LogP contribution in [0, 0.1) is 0 Å². The number of unbranched alkanes of at least 4 members (excludes halogenated alkanes) is 16. The highest BCUT2D eigenvalue weighted by molar-refractivity contribution is 7.46. The van der Waals surface area contributed by atoms with Crippen molar-refractivity contribution < 1.29 is 37.9 Å². The van der Waals surface area contributed by atoms with E-state index >= 15 is 0 Å². The molecule has 0 aliphatic carbocycles. The molecule has 246 valence electrons. The second-order valence-corrected chi connectivity index (χ2v) is 12.4. The predicted octanol–water partition coefficient (Wildman–Crippen LogP) is 9.29. The predicted molar refractivity (Wildman–Crippen MR) is 170 cm³/mol. The number of esters is 2. The Morgan fingerprint density at radius 3 is 1.67 bits per heavy atom. The van der Waals surface area contributed by atoms with Crippen molar-refractivity contribution in [1.82, 2.24) is 0 Å². The Hall–Kier alpha value is -1.47. The molecule has 2 N–H and O–H groups in total. The van der Waals surface area contributed by atoms with E-state index in [2.05, 4.69) is 42.7 Å². The highest BCUT2D eigenvalue weighted by Gasteiger charge is 2.22. The fourth-order valence-corrected chi connectivity index (χ4v) is 4.83. The Balaban J connectivity index is 4.04. The number of ether oxygens (including phenoxy) is 2. The van der Waals surface area contributed by atoms with Crippen molar-refractivity contribution >= 4 is 19.8 Å². The number of carbonyl (C=O) groups is 2. The molecule has 0 spiro atoms. The SMILES string of the molecule is CCC/C=C\C/C=C\CCCCCCCC(=O)OC(COC(=O)CCCCCCCCCCCCC)COP(=O)(O)O. The number of carbonyl (C=O) groups excluding carboxylic acids is 2. The normalized spacial score (nSPS) is 12.8. The Morgan fingerprint density at radius 1 is 0.619 bits per heavy atom. The van der Waals surface area contributed by atoms with Gasteiger partial charge in [-0.15, -0.1) is 0 Å². The largest absolute Gasteiger partial charge is 0.469 e. The van der Waals surface area contributed by atoms with Gasteiger partial charge in [-0.05, 0) is 38.5 Å². The van der Waals surface area contributed by atoms with Gasteiger partial charge in [0.1, 0.15) is 6.61 Å². The first-order valence-corrected chi connectivity index (χ1v) is 18.2. The number of hydrogen-bond acceptors (Lipinski definition) is 6. The number of phosphoric ester groups is 1. The Kier molecular flexibility index (Phi) is 28.6. The molecule has 0 aromatic carbocycles. The van der Waals surface area contributed by atoms with Crippen LogP contribution in [0.5, 0.6) is 0 Å². The molecular formula is C33H61O8P. The standard InChI is InChI=1S/C33H61O8P/c1-3-5-7-9-11-13-15-16-18-20-22-24-26-28-33(35)41-31(30-40-42(36,37)38)29-39-32(34)27-25-23-21-19-17-14-12-10-8-6-4-2/h7,9,13,15,31H,3-6,8,10-12,14,16-30H2,1-2H3,(H2,36,37,38)/b9-7-,15-13-. The number of hydrogen-bond donors (Lipinski definition) is 2. The second-order valence-electron chi connectivity index (χ2n) is 11.1. The topological polar surface area (TPSA) is 119 Å². The monoisotopic (exact) mass is 616 g/mol. The van der Waals surface area contributed by atoms with E-state index in [9.17, 15) is 14.2 Å². The van der Waals surface area contributed by atoms with Gasteiger partial charge in [0.15, 0.2) is 6.10 Å². The van der Waals surface area contributed by atoms with Crippen molar-refractivity contribution in [3.05, 3.63) is 24.3 Å². The lowest BCUT2D eigenvalue weighted by Crippen LogP contribution is -2.29. The molecule has 9 heteroatoms. The summed E-state index contributed by atoms with van der Waals surface area (Å²) in [6, 6.07) is 0. The van der Waals surface area contributed by atoms with E-state index in [0.29, 0.717) is 6.42 Å². The Labute approximate surface area is 256 Å². The van der Waals surface area contributed by atoms with Crippen molar-refractivity contribution in [2.45, 2.75) is 161 Å². The zero-order chi connectivity index (χ0) is 31.2. The zero-order valence-electron chi connectivity index (χ0n) is 26.6. The fraction of sp³-hybridized carbons (Fsp3) is 0.818. The summed E-state index contributed by atoms with van der Waals surface area (Å²) in [5.74, 6) is -0.902. The molecule has 0 heterocycles. The molecule has 0 aromatic heterocycles. The van der Waals surface area contributed by atoms with Crippen LogP contribution in [0.2, 0.25) is 0 Å². The van der Waals surface area contributed by atoms with Crippen molar-refractivity contribution in [2.75, 3.05) is 13.2 Å². The Bertz CT molecular complexity index is 746. The third kappa shape index (κ3) is 31.5. The average molecular weight is 617 g/mol. The van der Waals surface area contributed by atoms with E-state index < -0.39 is 32.5 Å². The molecule has 0 aliphatic heterocycles. The molecule has 0 radical (unpaired) electrons. The summed E-state index contributed by atoms with van der Waals surface area (Å²) in [4.78, 5) is 42.5. The molecule has 0 rings (SSSR count). The molecule has 1 atom stereocenters. The van der Waals surface area contributed by atoms with Gasteiger partial charge in [0.05, 0.1) is 6.61 Å². The van der Waals surface area contributed by atoms with Crippen molar-refractivity contribution in [2.24, 2.45) is 0 Å². The molecule has 0 saturated heterocycles. The van der Waals surface area contributed by atoms with Crippen LogP contribution in [0.4, 0.5) is 0 Å². The van der Waals surface area contributed by atoms with Crippen LogP contribution >= 0.6 is 7.82 Å². The molecule has 0 bridgehead atoms. The summed E-state index contributed by atoms with van der Waals surface area (Å²) in [6.45, 7) is 3.57. The maximum Gasteiger partial charge on any atom is 0.469 e. The van der Waals surface area contributed by atoms with E-state index in [1.165, 1.54) is 57.8 Å². The highest BCUT2D eigenvalue weighted by atomic mass is 31.2. The van der Waals surface area contributed by atoms with Crippen LogP contribution in [0.15, 0.2) is 24.3 Å². The third-order valence-corrected chi connectivity index (χ3v) is 7.44. The number of allylic oxidation sites excluding steroid dienone is 4. The van der Waals surface area contributed by atoms with Gasteiger partial charge in [-0.3, -0.25) is 14.1 Å². The zero-order valence-corrected chi connectivity index (χ0v) is 27.5. The molecule has 0 aromatic rings. The lowest BCUT2D eigenvalue weighted by Gasteiger charge is -2.18. The van der Waals surface area contributed by atoms with Crippen LogP contribution in [0.1, 0.15) is 155 Å². The highest BCUT2D eigenvalue weighted by Crippen LogP contribution is 2.35. The van der Waals surface area contributed by atoms with Crippen molar-refractivity contribution in [3.8, 4) is 0 Å². The molecule has 42 heavy (non-hydrogen) atoms. The lowest BCUT2D eigenvalue weighted by molar-refractivity contribution is -0.161. The lowest BCUT2D eigenvalue weighted by atomic mass is 10.1. The summed E-state index contributed by atoms with van der Waals surface area (Å²) in [6.07, 6.45) is 30.4. The summed E-state index contributed by atoms with van der Waals surface area (Å²) < 4.78 is 26.2. The van der Waals surface area contributed by atoms with Gasteiger partial charge in [-0.25, -0.2) is 4.57 Å². The third-order valence-electron chi connectivity index (χ3n) is 6.95. The molecule has 0 aliphatic rings. The maximum atomic E-state index is 12.3. The average Bonchev–Trinajstić information content (AvgIpc) is 2.95. The van der Waals surface area contributed by atoms with E-state index in [1.807, 2.05) is 0 Å². The minimum atomic E-state index is -4.74. The van der Waals surface area contributed by atoms with Gasteiger partial charge >= 0.3 is 19.8 Å². The van der Waals surface area contributed by atoms with Crippen LogP contribution < -0.4 is 0 Å². The molecule has 0 saturated carbocycles. The van der Waals surface area contributed by atoms with Crippen LogP contribution in [0.3, 0.4) is 0 Å². The van der Waals surface area contributed by atoms with Gasteiger partial charge < -0.3 is 19.3 Å². The molecular weight excluding hydrogens is 555 g/mol. The summed E-state index contributed by atoms with van der Waals surface area (Å²) in [5.41, 5.74) is 0. The molecule has 0 fully saturated rings. The van der Waals surface area contributed by atoms with Gasteiger partial charge in [-0.2, -0.15) is 0 Å². The first-order valence-electron chi connectivity index (χ1n) is 16.6. The quantitative estimate of drug-likeness (QED) is 0.0355. The minimum absolute atomic E-state index is 0.198. The molecule has 1 unspecified atom stereocenters. The minimum Gasteiger partial charge on any atom is -0.462 e. The van der Waals surface area contributed by atoms with Gasteiger partial charge in [0.25, 0.3) is 0 Å². The molecule has 0 amide bonds. The van der Waals surface area contributed by atoms with E-state index in [-0.39, 0.29) is 19.4 Å². The summed E-state index contributed by atoms with van der Waals surface area (Å²) >= 11 is 0. The van der Waals surface area contributed by atoms with Gasteiger partial charge in [0.2, 0.25) is 0 Å². The fourth-order valence-electron chi connectivity index (χ4n) is 4.47. The maximum absolute atomic E-state index is 12.3. The van der Waals surface area contributed by atoms with Crippen LogP contribution in [0.25, 0.3) is 0 Å². The summed E-state index contributed by atoms with van der Waals surface area (Å²) in [5, 5.41) is 0. The van der Waals surface area contributed by atoms with E-state index in [4.69, 9.17) is 19.3 Å². The Morgan fingerprint density at radius 2 is 1.12 bits per heavy atom. The van der Waals surface area contributed by atoms with Crippen LogP contribution in [-0.4, -0.2) is 41.0 Å². The van der Waals surface area contributed by atoms with Crippen LogP contribution in [-0.2, 0) is 28.2 Å².